The third-order valence-corrected chi connectivity index (χ3v) is 2.65. The first-order chi connectivity index (χ1) is 7.00. The molecule has 0 bridgehead atoms. The van der Waals surface area contributed by atoms with Crippen LogP contribution < -0.4 is 5.32 Å². The Morgan fingerprint density at radius 2 is 2.13 bits per heavy atom. The summed E-state index contributed by atoms with van der Waals surface area (Å²) in [6.07, 6.45) is 5.62. The molecule has 0 spiro atoms. The molecule has 4 nitrogen and oxygen atoms in total. The van der Waals surface area contributed by atoms with Gasteiger partial charge in [-0.25, -0.2) is 0 Å². The topological polar surface area (TPSA) is 66.4 Å². The van der Waals surface area contributed by atoms with Gasteiger partial charge in [0.15, 0.2) is 0 Å². The van der Waals surface area contributed by atoms with Crippen LogP contribution in [0.1, 0.15) is 33.1 Å². The van der Waals surface area contributed by atoms with Gasteiger partial charge in [-0.1, -0.05) is 12.2 Å². The van der Waals surface area contributed by atoms with Crippen LogP contribution in [0.2, 0.25) is 0 Å². The second-order valence-electron chi connectivity index (χ2n) is 4.16. The van der Waals surface area contributed by atoms with Crippen molar-refractivity contribution in [3.8, 4) is 0 Å². The van der Waals surface area contributed by atoms with Gasteiger partial charge in [0.25, 0.3) is 0 Å². The lowest BCUT2D eigenvalue weighted by molar-refractivity contribution is -0.154. The zero-order valence-electron chi connectivity index (χ0n) is 9.12. The van der Waals surface area contributed by atoms with Gasteiger partial charge in [-0.2, -0.15) is 0 Å². The molecule has 1 aliphatic carbocycles. The van der Waals surface area contributed by atoms with Crippen LogP contribution in [-0.4, -0.2) is 23.0 Å². The fraction of sp³-hybridized carbons (Fsp3) is 0.636. The maximum Gasteiger partial charge on any atom is 0.319 e. The van der Waals surface area contributed by atoms with E-state index in [2.05, 4.69) is 5.32 Å². The molecule has 0 aliphatic heterocycles. The number of carboxylic acid groups (broad SMARTS) is 1. The van der Waals surface area contributed by atoms with E-state index in [9.17, 15) is 9.59 Å². The van der Waals surface area contributed by atoms with Gasteiger partial charge in [-0.15, -0.1) is 0 Å². The van der Waals surface area contributed by atoms with Crippen molar-refractivity contribution in [2.75, 3.05) is 0 Å². The number of nitrogens with one attached hydrogen (secondary N) is 1. The predicted molar refractivity (Wildman–Crippen MR) is 56.3 cm³/mol. The zero-order chi connectivity index (χ0) is 11.5. The van der Waals surface area contributed by atoms with Crippen LogP contribution in [0.5, 0.6) is 0 Å². The third kappa shape index (κ3) is 2.81. The maximum atomic E-state index is 11.7. The average Bonchev–Trinajstić information content (AvgIpc) is 2.97. The number of aliphatic carboxylic acids is 1. The molecule has 15 heavy (non-hydrogen) atoms. The summed E-state index contributed by atoms with van der Waals surface area (Å²) in [6.45, 7) is 3.27. The Kier molecular flexibility index (Phi) is 3.50. The van der Waals surface area contributed by atoms with Crippen molar-refractivity contribution >= 4 is 11.9 Å². The summed E-state index contributed by atoms with van der Waals surface area (Å²) < 4.78 is 0. The van der Waals surface area contributed by atoms with Crippen LogP contribution in [-0.2, 0) is 9.59 Å². The molecule has 1 saturated carbocycles. The molecule has 84 valence electrons. The Labute approximate surface area is 89.4 Å². The summed E-state index contributed by atoms with van der Waals surface area (Å²) >= 11 is 0. The van der Waals surface area contributed by atoms with E-state index >= 15 is 0 Å². The Bertz CT molecular complexity index is 294. The van der Waals surface area contributed by atoms with Gasteiger partial charge in [0.1, 0.15) is 5.41 Å². The summed E-state index contributed by atoms with van der Waals surface area (Å²) in [6, 6.07) is 0.196. The molecular formula is C11H17NO3. The van der Waals surface area contributed by atoms with Crippen LogP contribution in [0.15, 0.2) is 12.2 Å². The minimum Gasteiger partial charge on any atom is -0.480 e. The average molecular weight is 211 g/mol. The van der Waals surface area contributed by atoms with Gasteiger partial charge < -0.3 is 10.4 Å². The fourth-order valence-corrected chi connectivity index (χ4v) is 1.20. The summed E-state index contributed by atoms with van der Waals surface area (Å²) in [4.78, 5) is 22.8. The number of amides is 1. The lowest BCUT2D eigenvalue weighted by Gasteiger charge is -2.22. The Morgan fingerprint density at radius 3 is 2.53 bits per heavy atom. The highest BCUT2D eigenvalue weighted by Gasteiger charge is 2.42. The number of hydrogen-bond donors (Lipinski definition) is 2. The Morgan fingerprint density at radius 1 is 1.53 bits per heavy atom. The first kappa shape index (κ1) is 11.8. The predicted octanol–water partition coefficient (Wildman–Crippen LogP) is 1.32. The van der Waals surface area contributed by atoms with E-state index in [1.807, 2.05) is 0 Å². The maximum absolute atomic E-state index is 11.7. The largest absolute Gasteiger partial charge is 0.480 e. The van der Waals surface area contributed by atoms with Gasteiger partial charge >= 0.3 is 5.97 Å². The molecule has 1 rings (SSSR count). The number of hydrogen-bond acceptors (Lipinski definition) is 2. The van der Waals surface area contributed by atoms with Crippen molar-refractivity contribution in [2.45, 2.75) is 39.2 Å². The zero-order valence-corrected chi connectivity index (χ0v) is 9.12. The van der Waals surface area contributed by atoms with Crippen LogP contribution in [0.4, 0.5) is 0 Å². The van der Waals surface area contributed by atoms with E-state index in [0.29, 0.717) is 0 Å². The Hall–Kier alpha value is -1.32. The second-order valence-corrected chi connectivity index (χ2v) is 4.16. The highest BCUT2D eigenvalue weighted by molar-refractivity contribution is 6.01. The van der Waals surface area contributed by atoms with Gasteiger partial charge in [-0.05, 0) is 33.1 Å². The second kappa shape index (κ2) is 4.47. The molecule has 1 aliphatic rings. The normalized spacial score (nSPS) is 19.9. The van der Waals surface area contributed by atoms with E-state index in [1.165, 1.54) is 6.92 Å². The summed E-state index contributed by atoms with van der Waals surface area (Å²) in [5, 5.41) is 11.8. The van der Waals surface area contributed by atoms with Crippen molar-refractivity contribution in [2.24, 2.45) is 5.41 Å². The van der Waals surface area contributed by atoms with Crippen molar-refractivity contribution < 1.29 is 14.7 Å². The first-order valence-corrected chi connectivity index (χ1v) is 5.16. The van der Waals surface area contributed by atoms with Gasteiger partial charge in [0.2, 0.25) is 5.91 Å². The monoisotopic (exact) mass is 211 g/mol. The molecule has 1 atom stereocenters. The molecule has 0 saturated heterocycles. The quantitative estimate of drug-likeness (QED) is 0.532. The van der Waals surface area contributed by atoms with E-state index in [0.717, 1.165) is 12.8 Å². The SMILES string of the molecule is C/C=C/CC(C)(C(=O)O)C(=O)NC1CC1. The molecule has 1 fully saturated rings. The van der Waals surface area contributed by atoms with Gasteiger partial charge in [0.05, 0.1) is 0 Å². The lowest BCUT2D eigenvalue weighted by atomic mass is 9.85. The van der Waals surface area contributed by atoms with Gasteiger partial charge in [0, 0.05) is 6.04 Å². The molecule has 0 radical (unpaired) electrons. The van der Waals surface area contributed by atoms with Gasteiger partial charge in [-0.3, -0.25) is 9.59 Å². The minimum absolute atomic E-state index is 0.196. The summed E-state index contributed by atoms with van der Waals surface area (Å²) in [7, 11) is 0. The number of allylic oxidation sites excluding steroid dienone is 2. The number of carboxylic acids is 1. The molecule has 0 heterocycles. The molecule has 0 aromatic rings. The van der Waals surface area contributed by atoms with E-state index in [1.54, 1.807) is 19.1 Å². The van der Waals surface area contributed by atoms with Crippen LogP contribution >= 0.6 is 0 Å². The molecule has 0 aromatic carbocycles. The molecule has 2 N–H and O–H groups in total. The molecule has 4 heteroatoms. The number of carbonyl (C=O) groups is 2. The van der Waals surface area contributed by atoms with E-state index < -0.39 is 11.4 Å². The highest BCUT2D eigenvalue weighted by atomic mass is 16.4. The standard InChI is InChI=1S/C11H17NO3/c1-3-4-7-11(2,10(14)15)9(13)12-8-5-6-8/h3-4,8H,5-7H2,1-2H3,(H,12,13)(H,14,15)/b4-3+. The van der Waals surface area contributed by atoms with Crippen molar-refractivity contribution in [3.05, 3.63) is 12.2 Å². The lowest BCUT2D eigenvalue weighted by Crippen LogP contribution is -2.45. The van der Waals surface area contributed by atoms with Crippen molar-refractivity contribution in [3.63, 3.8) is 0 Å². The number of carbonyl (C=O) groups excluding carboxylic acids is 1. The number of rotatable bonds is 5. The highest BCUT2D eigenvalue weighted by Crippen LogP contribution is 2.26. The Balaban J connectivity index is 2.68. The third-order valence-electron chi connectivity index (χ3n) is 2.65. The van der Waals surface area contributed by atoms with E-state index in [-0.39, 0.29) is 18.4 Å². The fourth-order valence-electron chi connectivity index (χ4n) is 1.20. The molecule has 0 aromatic heterocycles. The molecule has 1 amide bonds. The smallest absolute Gasteiger partial charge is 0.319 e. The van der Waals surface area contributed by atoms with Crippen molar-refractivity contribution in [1.29, 1.82) is 0 Å². The van der Waals surface area contributed by atoms with Crippen LogP contribution in [0.3, 0.4) is 0 Å². The first-order valence-electron chi connectivity index (χ1n) is 5.16. The summed E-state index contributed by atoms with van der Waals surface area (Å²) in [5.41, 5.74) is -1.34. The minimum atomic E-state index is -1.34. The van der Waals surface area contributed by atoms with Crippen LogP contribution in [0, 0.1) is 5.41 Å². The summed E-state index contributed by atoms with van der Waals surface area (Å²) in [5.74, 6) is -1.45. The van der Waals surface area contributed by atoms with E-state index in [4.69, 9.17) is 5.11 Å². The molecular weight excluding hydrogens is 194 g/mol. The van der Waals surface area contributed by atoms with Crippen molar-refractivity contribution in [1.82, 2.24) is 5.32 Å². The molecule has 1 unspecified atom stereocenters. The van der Waals surface area contributed by atoms with Crippen LogP contribution in [0.25, 0.3) is 0 Å².